The van der Waals surface area contributed by atoms with Crippen LogP contribution in [0.5, 0.6) is 0 Å². The van der Waals surface area contributed by atoms with E-state index in [2.05, 4.69) is 28.9 Å². The van der Waals surface area contributed by atoms with E-state index < -0.39 is 31.1 Å². The number of anilines is 1. The second-order valence-corrected chi connectivity index (χ2v) is 8.75. The second-order valence-electron chi connectivity index (χ2n) is 8.75. The van der Waals surface area contributed by atoms with E-state index in [0.717, 1.165) is 13.1 Å². The molecule has 12 nitrogen and oxygen atoms in total. The number of nitrogens with two attached hydrogens (primary N) is 1. The van der Waals surface area contributed by atoms with Gasteiger partial charge in [0.1, 0.15) is 30.3 Å². The van der Waals surface area contributed by atoms with Crippen molar-refractivity contribution in [3.63, 3.8) is 0 Å². The average molecular weight is 478 g/mol. The van der Waals surface area contributed by atoms with Gasteiger partial charge in [-0.3, -0.25) is 4.79 Å². The summed E-state index contributed by atoms with van der Waals surface area (Å²) in [6.07, 6.45) is -0.422. The molecular weight excluding hydrogens is 442 g/mol. The molecule has 0 unspecified atom stereocenters. The summed E-state index contributed by atoms with van der Waals surface area (Å²) in [5, 5.41) is 35.9. The SMILES string of the molecule is CCN(CC)C(=O)CC(C)C.CN1N=C(N)c2cn([C@@H]3O[C@H](CO)[C@@H](O)[C@H]3O)c3ncnc1c23. The summed E-state index contributed by atoms with van der Waals surface area (Å²) in [6.45, 7) is 9.45. The molecule has 0 aromatic carbocycles. The minimum absolute atomic E-state index is 0.282. The third-order valence-corrected chi connectivity index (χ3v) is 5.92. The molecule has 1 amide bonds. The highest BCUT2D eigenvalue weighted by Gasteiger charge is 2.44. The number of aromatic nitrogens is 3. The van der Waals surface area contributed by atoms with E-state index in [-0.39, 0.29) is 5.91 Å². The highest BCUT2D eigenvalue weighted by atomic mass is 16.6. The first-order valence-electron chi connectivity index (χ1n) is 11.5. The Morgan fingerprint density at radius 2 is 1.91 bits per heavy atom. The summed E-state index contributed by atoms with van der Waals surface area (Å²) in [5.41, 5.74) is 7.10. The van der Waals surface area contributed by atoms with Gasteiger partial charge in [-0.25, -0.2) is 15.0 Å². The minimum atomic E-state index is -1.20. The van der Waals surface area contributed by atoms with Crippen molar-refractivity contribution in [2.75, 3.05) is 31.8 Å². The zero-order chi connectivity index (χ0) is 25.2. The fourth-order valence-electron chi connectivity index (χ4n) is 4.13. The van der Waals surface area contributed by atoms with E-state index in [9.17, 15) is 20.1 Å². The molecule has 0 bridgehead atoms. The molecule has 1 fully saturated rings. The van der Waals surface area contributed by atoms with Crippen molar-refractivity contribution in [1.29, 1.82) is 0 Å². The minimum Gasteiger partial charge on any atom is -0.394 e. The lowest BCUT2D eigenvalue weighted by Gasteiger charge is -2.19. The van der Waals surface area contributed by atoms with Gasteiger partial charge in [0.2, 0.25) is 5.91 Å². The standard InChI is InChI=1S/C13H16N6O4.C9H19NO/c1-18-11-7-5(10(14)17-18)2-19(12(7)16-4-15-11)13-9(22)8(21)6(3-20)23-13;1-5-10(6-2)9(11)7-8(3)4/h2,4,6,8-9,13,20-22H,3H2,1H3,(H2,14,17);8H,5-7H2,1-4H3/t6-,8-,9-,13-;/m1./s1. The third-order valence-electron chi connectivity index (χ3n) is 5.92. The fraction of sp³-hybridized carbons (Fsp3) is 0.636. The monoisotopic (exact) mass is 477 g/mol. The lowest BCUT2D eigenvalue weighted by Crippen LogP contribution is -2.33. The third kappa shape index (κ3) is 4.85. The first-order chi connectivity index (χ1) is 16.1. The van der Waals surface area contributed by atoms with Crippen molar-refractivity contribution < 1.29 is 24.9 Å². The van der Waals surface area contributed by atoms with Gasteiger partial charge < -0.3 is 35.3 Å². The largest absolute Gasteiger partial charge is 0.394 e. The van der Waals surface area contributed by atoms with Crippen molar-refractivity contribution in [2.45, 2.75) is 58.7 Å². The van der Waals surface area contributed by atoms with Crippen molar-refractivity contribution in [2.24, 2.45) is 16.8 Å². The molecule has 1 saturated heterocycles. The van der Waals surface area contributed by atoms with Gasteiger partial charge in [0.05, 0.1) is 12.0 Å². The molecule has 34 heavy (non-hydrogen) atoms. The first-order valence-corrected chi connectivity index (χ1v) is 11.5. The van der Waals surface area contributed by atoms with Gasteiger partial charge in [0.15, 0.2) is 17.9 Å². The van der Waals surface area contributed by atoms with Crippen LogP contribution in [-0.4, -0.2) is 91.6 Å². The van der Waals surface area contributed by atoms with Crippen LogP contribution in [0, 0.1) is 5.92 Å². The van der Waals surface area contributed by atoms with Gasteiger partial charge >= 0.3 is 0 Å². The van der Waals surface area contributed by atoms with Crippen LogP contribution >= 0.6 is 0 Å². The first kappa shape index (κ1) is 25.8. The van der Waals surface area contributed by atoms with Gasteiger partial charge in [-0.2, -0.15) is 5.10 Å². The Bertz CT molecular complexity index is 1040. The Balaban J connectivity index is 0.000000252. The molecule has 2 aliphatic rings. The van der Waals surface area contributed by atoms with Crippen LogP contribution in [0.4, 0.5) is 5.82 Å². The number of amides is 1. The number of aliphatic hydroxyl groups excluding tert-OH is 3. The zero-order valence-corrected chi connectivity index (χ0v) is 20.3. The van der Waals surface area contributed by atoms with Crippen LogP contribution in [0.1, 0.15) is 45.9 Å². The Kier molecular flexibility index (Phi) is 8.08. The number of carbonyl (C=O) groups excluding carboxylic acids is 1. The maximum Gasteiger partial charge on any atom is 0.222 e. The van der Waals surface area contributed by atoms with Gasteiger partial charge in [-0.1, -0.05) is 13.8 Å². The van der Waals surface area contributed by atoms with E-state index in [0.29, 0.717) is 40.6 Å². The highest BCUT2D eigenvalue weighted by molar-refractivity contribution is 6.13. The van der Waals surface area contributed by atoms with E-state index in [1.165, 1.54) is 6.33 Å². The molecular formula is C22H35N7O5. The number of nitrogens with zero attached hydrogens (tertiary/aromatic N) is 6. The van der Waals surface area contributed by atoms with E-state index in [1.54, 1.807) is 22.8 Å². The Morgan fingerprint density at radius 3 is 2.47 bits per heavy atom. The number of amidine groups is 1. The molecule has 5 N–H and O–H groups in total. The predicted octanol–water partition coefficient (Wildman–Crippen LogP) is 0.0138. The Hall–Kier alpha value is -2.80. The number of ether oxygens (including phenoxy) is 1. The summed E-state index contributed by atoms with van der Waals surface area (Å²) >= 11 is 0. The lowest BCUT2D eigenvalue weighted by molar-refractivity contribution is -0.131. The van der Waals surface area contributed by atoms with E-state index in [4.69, 9.17) is 10.5 Å². The van der Waals surface area contributed by atoms with Crippen LogP contribution in [0.2, 0.25) is 0 Å². The Morgan fingerprint density at radius 1 is 1.24 bits per heavy atom. The van der Waals surface area contributed by atoms with Crippen molar-refractivity contribution in [3.05, 3.63) is 18.1 Å². The molecule has 12 heteroatoms. The fourth-order valence-corrected chi connectivity index (χ4v) is 4.13. The summed E-state index contributed by atoms with van der Waals surface area (Å²) in [6, 6.07) is 0. The number of hydrogen-bond acceptors (Lipinski definition) is 10. The molecule has 2 aliphatic heterocycles. The molecule has 4 rings (SSSR count). The zero-order valence-electron chi connectivity index (χ0n) is 20.3. The topological polar surface area (TPSA) is 163 Å². The van der Waals surface area contributed by atoms with Gasteiger partial charge in [-0.05, 0) is 19.8 Å². The van der Waals surface area contributed by atoms with Crippen LogP contribution in [0.3, 0.4) is 0 Å². The second kappa shape index (κ2) is 10.6. The number of hydrogen-bond donors (Lipinski definition) is 4. The summed E-state index contributed by atoms with van der Waals surface area (Å²) in [4.78, 5) is 21.7. The van der Waals surface area contributed by atoms with Crippen LogP contribution < -0.4 is 10.7 Å². The maximum absolute atomic E-state index is 11.3. The number of carbonyl (C=O) groups is 1. The maximum atomic E-state index is 11.3. The number of hydrazone groups is 1. The van der Waals surface area contributed by atoms with E-state index >= 15 is 0 Å². The summed E-state index contributed by atoms with van der Waals surface area (Å²) in [7, 11) is 1.72. The lowest BCUT2D eigenvalue weighted by atomic mass is 10.1. The smallest absolute Gasteiger partial charge is 0.222 e. The molecule has 0 radical (unpaired) electrons. The van der Waals surface area contributed by atoms with E-state index in [1.807, 2.05) is 18.7 Å². The van der Waals surface area contributed by atoms with Crippen molar-refractivity contribution >= 4 is 28.6 Å². The van der Waals surface area contributed by atoms with Gasteiger partial charge in [-0.15, -0.1) is 0 Å². The van der Waals surface area contributed by atoms with Crippen molar-refractivity contribution in [1.82, 2.24) is 19.4 Å². The van der Waals surface area contributed by atoms with Gasteiger partial charge in [0, 0.05) is 38.3 Å². The highest BCUT2D eigenvalue weighted by Crippen LogP contribution is 2.37. The quantitative estimate of drug-likeness (QED) is 0.449. The predicted molar refractivity (Wildman–Crippen MR) is 127 cm³/mol. The summed E-state index contributed by atoms with van der Waals surface area (Å²) in [5.74, 6) is 1.64. The molecule has 2 aromatic heterocycles. The molecule has 188 valence electrons. The molecule has 0 aliphatic carbocycles. The normalized spacial score (nSPS) is 23.7. The van der Waals surface area contributed by atoms with Crippen LogP contribution in [0.15, 0.2) is 17.6 Å². The number of rotatable bonds is 6. The summed E-state index contributed by atoms with van der Waals surface area (Å²) < 4.78 is 7.15. The van der Waals surface area contributed by atoms with Crippen molar-refractivity contribution in [3.8, 4) is 0 Å². The van der Waals surface area contributed by atoms with Crippen LogP contribution in [0.25, 0.3) is 11.0 Å². The van der Waals surface area contributed by atoms with Gasteiger partial charge in [0.25, 0.3) is 0 Å². The Labute approximate surface area is 198 Å². The molecule has 4 atom stereocenters. The molecule has 4 heterocycles. The molecule has 2 aromatic rings. The van der Waals surface area contributed by atoms with Crippen LogP contribution in [-0.2, 0) is 9.53 Å². The number of aliphatic hydroxyl groups is 3. The molecule has 0 saturated carbocycles. The average Bonchev–Trinajstić information content (AvgIpc) is 3.31. The molecule has 0 spiro atoms.